The maximum Gasteiger partial charge on any atom is 0.305 e. The van der Waals surface area contributed by atoms with Gasteiger partial charge in [-0.25, -0.2) is 0 Å². The van der Waals surface area contributed by atoms with Gasteiger partial charge in [0.05, 0.1) is 0 Å². The molecule has 0 aromatic heterocycles. The Morgan fingerprint density at radius 3 is 1.62 bits per heavy atom. The molecule has 2 unspecified atom stereocenters. The van der Waals surface area contributed by atoms with Crippen LogP contribution in [0.25, 0.3) is 0 Å². The molecular weight excluding hydrogens is 582 g/mol. The van der Waals surface area contributed by atoms with Crippen molar-refractivity contribution in [2.45, 2.75) is 117 Å². The Bertz CT molecular complexity index is 1090. The standard InChI is InChI=1S/C34H49NO10/c1-6-7-8-9-10-11-12-13-14-15-16-17-18-19-20-21-22-23-30(40)35-31-33(43-27(4)38)32(42-26(3)37)29(24-41-25(2)36)45-34(31)44-28(5)39/h7-8,10-11,13-14,16-17,19-20,29,31-34H,6,9,12,15,18,21-24H2,1-5H3,(H,35,40)/b8-7-,11-10-,14-13-,17-16-,20-19-/t29?,31-,32+,33?,34+/m0/s1. The first-order chi connectivity index (χ1) is 21.5. The smallest absolute Gasteiger partial charge is 0.305 e. The first kappa shape index (κ1) is 39.0. The minimum atomic E-state index is -1.41. The van der Waals surface area contributed by atoms with Crippen molar-refractivity contribution in [3.05, 3.63) is 60.8 Å². The lowest BCUT2D eigenvalue weighted by atomic mass is 9.95. The van der Waals surface area contributed by atoms with Crippen LogP contribution in [0.1, 0.15) is 86.0 Å². The summed E-state index contributed by atoms with van der Waals surface area (Å²) in [5.74, 6) is -3.22. The van der Waals surface area contributed by atoms with Crippen molar-refractivity contribution in [1.29, 1.82) is 0 Å². The summed E-state index contributed by atoms with van der Waals surface area (Å²) in [6.45, 7) is 6.36. The van der Waals surface area contributed by atoms with Gasteiger partial charge in [0.2, 0.25) is 12.2 Å². The van der Waals surface area contributed by atoms with Gasteiger partial charge in [-0.15, -0.1) is 0 Å². The molecule has 1 heterocycles. The zero-order chi connectivity index (χ0) is 33.5. The molecule has 0 radical (unpaired) electrons. The molecule has 11 nitrogen and oxygen atoms in total. The van der Waals surface area contributed by atoms with Crippen LogP contribution in [0, 0.1) is 0 Å². The molecule has 0 bridgehead atoms. The van der Waals surface area contributed by atoms with Crippen LogP contribution in [-0.4, -0.2) is 67.0 Å². The van der Waals surface area contributed by atoms with Crippen molar-refractivity contribution >= 4 is 29.8 Å². The van der Waals surface area contributed by atoms with E-state index >= 15 is 0 Å². The van der Waals surface area contributed by atoms with Gasteiger partial charge in [0.1, 0.15) is 18.8 Å². The lowest BCUT2D eigenvalue weighted by Crippen LogP contribution is -2.67. The molecular formula is C34H49NO10. The van der Waals surface area contributed by atoms with Gasteiger partial charge in [-0.2, -0.15) is 0 Å². The summed E-state index contributed by atoms with van der Waals surface area (Å²) < 4.78 is 26.9. The highest BCUT2D eigenvalue weighted by molar-refractivity contribution is 5.76. The molecule has 1 fully saturated rings. The second kappa shape index (κ2) is 23.4. The number of hydrogen-bond acceptors (Lipinski definition) is 10. The van der Waals surface area contributed by atoms with Crippen molar-refractivity contribution in [2.24, 2.45) is 0 Å². The lowest BCUT2D eigenvalue weighted by molar-refractivity contribution is -0.271. The predicted octanol–water partition coefficient (Wildman–Crippen LogP) is 5.11. The normalized spacial score (nSPS) is 21.9. The Balaban J connectivity index is 2.67. The molecule has 0 spiro atoms. The second-order valence-corrected chi connectivity index (χ2v) is 10.3. The molecule has 0 aromatic rings. The third-order valence-electron chi connectivity index (χ3n) is 6.24. The van der Waals surface area contributed by atoms with E-state index in [-0.39, 0.29) is 13.0 Å². The average molecular weight is 632 g/mol. The minimum absolute atomic E-state index is 0.125. The highest BCUT2D eigenvalue weighted by Gasteiger charge is 2.52. The van der Waals surface area contributed by atoms with E-state index in [0.717, 1.165) is 52.9 Å². The lowest BCUT2D eigenvalue weighted by Gasteiger charge is -2.44. The van der Waals surface area contributed by atoms with Crippen LogP contribution in [-0.2, 0) is 47.7 Å². The molecule has 0 saturated carbocycles. The molecule has 1 N–H and O–H groups in total. The quantitative estimate of drug-likeness (QED) is 0.0884. The number of unbranched alkanes of at least 4 members (excludes halogenated alkanes) is 1. The van der Waals surface area contributed by atoms with Gasteiger partial charge in [0.25, 0.3) is 0 Å². The first-order valence-electron chi connectivity index (χ1n) is 15.4. The zero-order valence-corrected chi connectivity index (χ0v) is 27.1. The Morgan fingerprint density at radius 1 is 0.644 bits per heavy atom. The Hall–Kier alpha value is -3.99. The highest BCUT2D eigenvalue weighted by Crippen LogP contribution is 2.28. The maximum atomic E-state index is 12.9. The molecule has 0 aromatic carbocycles. The fourth-order valence-corrected chi connectivity index (χ4v) is 4.33. The van der Waals surface area contributed by atoms with E-state index in [1.165, 1.54) is 6.92 Å². The van der Waals surface area contributed by atoms with E-state index in [0.29, 0.717) is 12.8 Å². The molecule has 11 heteroatoms. The number of carbonyl (C=O) groups excluding carboxylic acids is 5. The summed E-state index contributed by atoms with van der Waals surface area (Å²) in [4.78, 5) is 60.0. The number of ether oxygens (including phenoxy) is 5. The summed E-state index contributed by atoms with van der Waals surface area (Å²) in [6.07, 6.45) is 22.0. The number of carbonyl (C=O) groups is 5. The van der Waals surface area contributed by atoms with Crippen molar-refractivity contribution < 1.29 is 47.7 Å². The van der Waals surface area contributed by atoms with Crippen LogP contribution in [0.15, 0.2) is 60.8 Å². The molecule has 1 amide bonds. The van der Waals surface area contributed by atoms with E-state index < -0.39 is 60.4 Å². The SMILES string of the molecule is CC/C=C\C/C=C\C/C=C\C/C=C\C/C=C\CCCC(=O)N[C@H]1C(OC(C)=O)[C@H](OC(C)=O)C(COC(C)=O)O[C@H]1OC(C)=O. The van der Waals surface area contributed by atoms with Crippen LogP contribution in [0.3, 0.4) is 0 Å². The fourth-order valence-electron chi connectivity index (χ4n) is 4.33. The molecule has 5 atom stereocenters. The fraction of sp³-hybridized carbons (Fsp3) is 0.559. The van der Waals surface area contributed by atoms with E-state index in [2.05, 4.69) is 60.8 Å². The number of esters is 4. The van der Waals surface area contributed by atoms with E-state index in [4.69, 9.17) is 23.7 Å². The number of allylic oxidation sites excluding steroid dienone is 10. The van der Waals surface area contributed by atoms with Gasteiger partial charge in [-0.1, -0.05) is 67.7 Å². The van der Waals surface area contributed by atoms with Crippen LogP contribution >= 0.6 is 0 Å². The Morgan fingerprint density at radius 2 is 1.13 bits per heavy atom. The maximum absolute atomic E-state index is 12.9. The molecule has 1 saturated heterocycles. The van der Waals surface area contributed by atoms with Gasteiger partial charge < -0.3 is 29.0 Å². The van der Waals surface area contributed by atoms with Crippen LogP contribution < -0.4 is 5.32 Å². The monoisotopic (exact) mass is 631 g/mol. The number of nitrogens with one attached hydrogen (secondary N) is 1. The van der Waals surface area contributed by atoms with E-state index in [1.807, 2.05) is 12.2 Å². The topological polar surface area (TPSA) is 144 Å². The summed E-state index contributed by atoms with van der Waals surface area (Å²) in [5.41, 5.74) is 0. The second-order valence-electron chi connectivity index (χ2n) is 10.3. The summed E-state index contributed by atoms with van der Waals surface area (Å²) in [7, 11) is 0. The van der Waals surface area contributed by atoms with Crippen molar-refractivity contribution in [2.75, 3.05) is 6.61 Å². The van der Waals surface area contributed by atoms with E-state index in [9.17, 15) is 24.0 Å². The molecule has 1 aliphatic rings. The zero-order valence-electron chi connectivity index (χ0n) is 27.1. The number of amides is 1. The molecule has 1 aliphatic heterocycles. The molecule has 250 valence electrons. The Kier molecular flexibility index (Phi) is 20.3. The van der Waals surface area contributed by atoms with Gasteiger partial charge >= 0.3 is 23.9 Å². The number of hydrogen-bond donors (Lipinski definition) is 1. The molecule has 1 rings (SSSR count). The van der Waals surface area contributed by atoms with Gasteiger partial charge in [0, 0.05) is 34.1 Å². The van der Waals surface area contributed by atoms with Crippen LogP contribution in [0.4, 0.5) is 0 Å². The first-order valence-corrected chi connectivity index (χ1v) is 15.4. The summed E-state index contributed by atoms with van der Waals surface area (Å²) >= 11 is 0. The summed E-state index contributed by atoms with van der Waals surface area (Å²) in [6, 6.07) is -1.20. The number of rotatable bonds is 19. The van der Waals surface area contributed by atoms with Gasteiger partial charge in [-0.3, -0.25) is 24.0 Å². The highest BCUT2D eigenvalue weighted by atomic mass is 16.7. The van der Waals surface area contributed by atoms with E-state index in [1.54, 1.807) is 0 Å². The molecule has 45 heavy (non-hydrogen) atoms. The average Bonchev–Trinajstić information content (AvgIpc) is 2.96. The minimum Gasteiger partial charge on any atom is -0.463 e. The van der Waals surface area contributed by atoms with Gasteiger partial charge in [-0.05, 0) is 44.9 Å². The van der Waals surface area contributed by atoms with Gasteiger partial charge in [0.15, 0.2) is 12.2 Å². The molecule has 0 aliphatic carbocycles. The third-order valence-corrected chi connectivity index (χ3v) is 6.24. The van der Waals surface area contributed by atoms with Crippen LogP contribution in [0.2, 0.25) is 0 Å². The van der Waals surface area contributed by atoms with Crippen molar-refractivity contribution in [3.63, 3.8) is 0 Å². The summed E-state index contributed by atoms with van der Waals surface area (Å²) in [5, 5.41) is 2.71. The Labute approximate surface area is 266 Å². The largest absolute Gasteiger partial charge is 0.463 e. The van der Waals surface area contributed by atoms with Crippen LogP contribution in [0.5, 0.6) is 0 Å². The van der Waals surface area contributed by atoms with Crippen molar-refractivity contribution in [3.8, 4) is 0 Å². The third kappa shape index (κ3) is 18.4. The predicted molar refractivity (Wildman–Crippen MR) is 168 cm³/mol. The van der Waals surface area contributed by atoms with Crippen molar-refractivity contribution in [1.82, 2.24) is 5.32 Å².